The SMILES string of the molecule is CCOc1c([C@@H]2[C@@H](C)[C@](C)(C(F)(F)F)O[C@H]2C(=O)Nc2ccnc(C(N)=O)c2)ccc(F)c1F. The van der Waals surface area contributed by atoms with Gasteiger partial charge < -0.3 is 20.5 Å². The van der Waals surface area contributed by atoms with Crippen LogP contribution in [0.1, 0.15) is 42.7 Å². The van der Waals surface area contributed by atoms with Crippen molar-refractivity contribution in [2.45, 2.75) is 44.6 Å². The number of benzene rings is 1. The highest BCUT2D eigenvalue weighted by molar-refractivity contribution is 5.97. The first-order chi connectivity index (χ1) is 15.8. The van der Waals surface area contributed by atoms with Crippen LogP contribution in [-0.2, 0) is 9.53 Å². The lowest BCUT2D eigenvalue weighted by Crippen LogP contribution is -2.47. The average Bonchev–Trinajstić information content (AvgIpc) is 3.04. The number of nitrogens with two attached hydrogens (primary N) is 1. The molecule has 1 fully saturated rings. The summed E-state index contributed by atoms with van der Waals surface area (Å²) in [4.78, 5) is 28.2. The van der Waals surface area contributed by atoms with Gasteiger partial charge in [0.05, 0.1) is 6.61 Å². The van der Waals surface area contributed by atoms with Gasteiger partial charge in [-0.2, -0.15) is 17.6 Å². The van der Waals surface area contributed by atoms with Gasteiger partial charge in [-0.05, 0) is 32.0 Å². The number of rotatable bonds is 6. The highest BCUT2D eigenvalue weighted by Gasteiger charge is 2.65. The number of hydrogen-bond donors (Lipinski definition) is 2. The number of nitrogens with zero attached hydrogens (tertiary/aromatic N) is 1. The number of hydrogen-bond acceptors (Lipinski definition) is 5. The molecule has 3 N–H and O–H groups in total. The van der Waals surface area contributed by atoms with Crippen molar-refractivity contribution in [2.75, 3.05) is 11.9 Å². The van der Waals surface area contributed by atoms with Crippen molar-refractivity contribution < 1.29 is 41.0 Å². The summed E-state index contributed by atoms with van der Waals surface area (Å²) in [5.74, 6) is -7.87. The van der Waals surface area contributed by atoms with Gasteiger partial charge in [0, 0.05) is 29.3 Å². The Morgan fingerprint density at radius 2 is 1.94 bits per heavy atom. The summed E-state index contributed by atoms with van der Waals surface area (Å²) >= 11 is 0. The van der Waals surface area contributed by atoms with Crippen molar-refractivity contribution in [3.63, 3.8) is 0 Å². The Labute approximate surface area is 191 Å². The molecule has 1 saturated heterocycles. The number of carbonyl (C=O) groups is 2. The Kier molecular flexibility index (Phi) is 6.83. The number of amides is 2. The van der Waals surface area contributed by atoms with Crippen LogP contribution in [0.25, 0.3) is 0 Å². The van der Waals surface area contributed by atoms with Crippen LogP contribution < -0.4 is 15.8 Å². The van der Waals surface area contributed by atoms with E-state index >= 15 is 0 Å². The van der Waals surface area contributed by atoms with E-state index in [1.54, 1.807) is 0 Å². The van der Waals surface area contributed by atoms with Crippen LogP contribution in [0.5, 0.6) is 5.75 Å². The molecule has 2 aromatic rings. The number of nitrogens with one attached hydrogen (secondary N) is 1. The van der Waals surface area contributed by atoms with Crippen LogP contribution in [-0.4, -0.2) is 41.3 Å². The average molecular weight is 487 g/mol. The molecule has 1 aromatic heterocycles. The van der Waals surface area contributed by atoms with E-state index in [0.717, 1.165) is 25.1 Å². The lowest BCUT2D eigenvalue weighted by atomic mass is 9.77. The molecule has 1 aromatic carbocycles. The Hall–Kier alpha value is -3.28. The van der Waals surface area contributed by atoms with Gasteiger partial charge in [-0.25, -0.2) is 4.39 Å². The Balaban J connectivity index is 2.09. The molecule has 1 aliphatic heterocycles. The first-order valence-corrected chi connectivity index (χ1v) is 10.2. The number of anilines is 1. The molecule has 1 aliphatic rings. The van der Waals surface area contributed by atoms with Crippen LogP contribution in [0.2, 0.25) is 0 Å². The Morgan fingerprint density at radius 1 is 1.26 bits per heavy atom. The van der Waals surface area contributed by atoms with E-state index in [-0.39, 0.29) is 23.6 Å². The number of ether oxygens (including phenoxy) is 2. The maximum Gasteiger partial charge on any atom is 0.417 e. The molecule has 4 atom stereocenters. The monoisotopic (exact) mass is 487 g/mol. The smallest absolute Gasteiger partial charge is 0.417 e. The number of carbonyl (C=O) groups excluding carboxylic acids is 2. The second-order valence-electron chi connectivity index (χ2n) is 7.95. The Morgan fingerprint density at radius 3 is 2.53 bits per heavy atom. The number of pyridine rings is 1. The fraction of sp³-hybridized carbons (Fsp3) is 0.409. The minimum absolute atomic E-state index is 0.0275. The first-order valence-electron chi connectivity index (χ1n) is 10.2. The minimum atomic E-state index is -4.89. The van der Waals surface area contributed by atoms with E-state index in [2.05, 4.69) is 10.3 Å². The molecular weight excluding hydrogens is 465 g/mol. The van der Waals surface area contributed by atoms with Crippen LogP contribution >= 0.6 is 0 Å². The summed E-state index contributed by atoms with van der Waals surface area (Å²) in [6.07, 6.45) is -5.48. The molecule has 3 rings (SSSR count). The summed E-state index contributed by atoms with van der Waals surface area (Å²) < 4.78 is 80.9. The van der Waals surface area contributed by atoms with Crippen molar-refractivity contribution in [2.24, 2.45) is 11.7 Å². The lowest BCUT2D eigenvalue weighted by Gasteiger charge is -2.32. The third kappa shape index (κ3) is 4.41. The molecule has 0 radical (unpaired) electrons. The van der Waals surface area contributed by atoms with E-state index in [0.29, 0.717) is 0 Å². The van der Waals surface area contributed by atoms with Crippen LogP contribution in [0, 0.1) is 17.6 Å². The third-order valence-electron chi connectivity index (χ3n) is 5.93. The first kappa shape index (κ1) is 25.3. The molecule has 184 valence electrons. The molecule has 2 amide bonds. The van der Waals surface area contributed by atoms with Gasteiger partial charge in [-0.1, -0.05) is 13.0 Å². The van der Waals surface area contributed by atoms with Crippen molar-refractivity contribution in [3.05, 3.63) is 53.4 Å². The van der Waals surface area contributed by atoms with Crippen LogP contribution in [0.3, 0.4) is 0 Å². The molecule has 0 aliphatic carbocycles. The van der Waals surface area contributed by atoms with Gasteiger partial charge in [0.25, 0.3) is 11.8 Å². The van der Waals surface area contributed by atoms with E-state index in [1.165, 1.54) is 26.1 Å². The van der Waals surface area contributed by atoms with E-state index in [9.17, 15) is 31.5 Å². The van der Waals surface area contributed by atoms with E-state index < -0.39 is 58.9 Å². The fourth-order valence-electron chi connectivity index (χ4n) is 3.98. The quantitative estimate of drug-likeness (QED) is 0.601. The molecule has 0 spiro atoms. The standard InChI is InChI=1S/C22H22F5N3O4/c1-4-33-17-12(5-6-13(23)16(17)24)15-10(2)21(3,22(25,26)27)34-18(15)20(32)30-11-7-8-29-14(9-11)19(28)31/h5-10,15,18H,4H2,1-3H3,(H2,28,31)(H,29,30,32)/t10-,15+,18-,21-/m1/s1. The van der Waals surface area contributed by atoms with Crippen LogP contribution in [0.4, 0.5) is 27.6 Å². The molecule has 12 heteroatoms. The molecule has 34 heavy (non-hydrogen) atoms. The number of halogens is 5. The minimum Gasteiger partial charge on any atom is -0.490 e. The molecule has 7 nitrogen and oxygen atoms in total. The zero-order chi connectivity index (χ0) is 25.4. The van der Waals surface area contributed by atoms with Gasteiger partial charge in [0.15, 0.2) is 17.2 Å². The maximum absolute atomic E-state index is 14.5. The largest absolute Gasteiger partial charge is 0.490 e. The van der Waals surface area contributed by atoms with E-state index in [1.807, 2.05) is 0 Å². The van der Waals surface area contributed by atoms with E-state index in [4.69, 9.17) is 15.2 Å². The molecule has 0 bridgehead atoms. The van der Waals surface area contributed by atoms with Gasteiger partial charge in [0.1, 0.15) is 11.8 Å². The summed E-state index contributed by atoms with van der Waals surface area (Å²) in [6, 6.07) is 4.26. The summed E-state index contributed by atoms with van der Waals surface area (Å²) in [5, 5.41) is 2.38. The predicted octanol–water partition coefficient (Wildman–Crippen LogP) is 3.94. The summed E-state index contributed by atoms with van der Waals surface area (Å²) in [7, 11) is 0. The van der Waals surface area contributed by atoms with Gasteiger partial charge >= 0.3 is 6.18 Å². The zero-order valence-corrected chi connectivity index (χ0v) is 18.4. The second-order valence-corrected chi connectivity index (χ2v) is 7.95. The Bertz CT molecular complexity index is 1110. The molecule has 0 saturated carbocycles. The third-order valence-corrected chi connectivity index (χ3v) is 5.93. The van der Waals surface area contributed by atoms with Gasteiger partial charge in [-0.3, -0.25) is 14.6 Å². The number of primary amides is 1. The van der Waals surface area contributed by atoms with Gasteiger partial charge in [0.2, 0.25) is 5.82 Å². The molecular formula is C22H22F5N3O4. The maximum atomic E-state index is 14.5. The highest BCUT2D eigenvalue weighted by atomic mass is 19.4. The fourth-order valence-corrected chi connectivity index (χ4v) is 3.98. The lowest BCUT2D eigenvalue weighted by molar-refractivity contribution is -0.272. The second kappa shape index (κ2) is 9.16. The predicted molar refractivity (Wildman–Crippen MR) is 110 cm³/mol. The van der Waals surface area contributed by atoms with Crippen molar-refractivity contribution in [1.29, 1.82) is 0 Å². The topological polar surface area (TPSA) is 104 Å². The normalized spacial score (nSPS) is 24.6. The molecule has 2 heterocycles. The van der Waals surface area contributed by atoms with Crippen molar-refractivity contribution in [3.8, 4) is 5.75 Å². The van der Waals surface area contributed by atoms with Crippen LogP contribution in [0.15, 0.2) is 30.5 Å². The molecule has 0 unspecified atom stereocenters. The number of aromatic nitrogens is 1. The summed E-state index contributed by atoms with van der Waals surface area (Å²) in [5.41, 5.74) is 2.07. The summed E-state index contributed by atoms with van der Waals surface area (Å²) in [6.45, 7) is 3.39. The highest BCUT2D eigenvalue weighted by Crippen LogP contribution is 2.55. The zero-order valence-electron chi connectivity index (χ0n) is 18.4. The van der Waals surface area contributed by atoms with Gasteiger partial charge in [-0.15, -0.1) is 0 Å². The van der Waals surface area contributed by atoms with Crippen molar-refractivity contribution >= 4 is 17.5 Å². The number of alkyl halides is 3. The van der Waals surface area contributed by atoms with Crippen molar-refractivity contribution in [1.82, 2.24) is 4.98 Å².